The first-order chi connectivity index (χ1) is 12.0. The molecule has 1 amide bonds. The molecule has 9 heteroatoms. The van der Waals surface area contributed by atoms with E-state index in [4.69, 9.17) is 0 Å². The molecule has 130 valence electrons. The van der Waals surface area contributed by atoms with Crippen molar-refractivity contribution in [3.05, 3.63) is 32.1 Å². The van der Waals surface area contributed by atoms with E-state index >= 15 is 0 Å². The minimum atomic E-state index is -0.304. The lowest BCUT2D eigenvalue weighted by Crippen LogP contribution is -2.28. The fourth-order valence-electron chi connectivity index (χ4n) is 2.96. The normalized spacial score (nSPS) is 13.6. The lowest BCUT2D eigenvalue weighted by molar-refractivity contribution is -0.116. The van der Waals surface area contributed by atoms with E-state index in [0.29, 0.717) is 10.5 Å². The molecule has 7 nitrogen and oxygen atoms in total. The molecule has 1 aliphatic rings. The van der Waals surface area contributed by atoms with E-state index in [-0.39, 0.29) is 23.9 Å². The number of fused-ring (bicyclic) bond motifs is 3. The fourth-order valence-corrected chi connectivity index (χ4v) is 4.95. The number of nitrogens with one attached hydrogen (secondary N) is 1. The molecule has 0 aliphatic heterocycles. The molecule has 3 aromatic rings. The number of amides is 1. The lowest BCUT2D eigenvalue weighted by Gasteiger charge is -2.05. The molecular weight excluding hydrogens is 358 g/mol. The Morgan fingerprint density at radius 2 is 2.16 bits per heavy atom. The third-order valence-electron chi connectivity index (χ3n) is 4.19. The van der Waals surface area contributed by atoms with Crippen LogP contribution in [-0.2, 0) is 24.2 Å². The van der Waals surface area contributed by atoms with Crippen molar-refractivity contribution < 1.29 is 4.79 Å². The average Bonchev–Trinajstić information content (AvgIpc) is 3.25. The summed E-state index contributed by atoms with van der Waals surface area (Å²) in [6, 6.07) is 0. The van der Waals surface area contributed by atoms with E-state index in [9.17, 15) is 9.59 Å². The van der Waals surface area contributed by atoms with Crippen molar-refractivity contribution in [3.63, 3.8) is 0 Å². The Labute approximate surface area is 151 Å². The summed E-state index contributed by atoms with van der Waals surface area (Å²) in [6.45, 7) is 3.96. The monoisotopic (exact) mass is 375 g/mol. The van der Waals surface area contributed by atoms with Crippen LogP contribution in [0.5, 0.6) is 0 Å². The highest BCUT2D eigenvalue weighted by atomic mass is 32.1. The van der Waals surface area contributed by atoms with E-state index in [0.717, 1.165) is 34.7 Å². The molecule has 0 unspecified atom stereocenters. The topological polar surface area (TPSA) is 89.8 Å². The van der Waals surface area contributed by atoms with Gasteiger partial charge in [0.25, 0.3) is 5.56 Å². The number of carbonyl (C=O) groups excluding carboxylic acids is 1. The van der Waals surface area contributed by atoms with E-state index < -0.39 is 0 Å². The Kier molecular flexibility index (Phi) is 4.12. The van der Waals surface area contributed by atoms with E-state index in [1.54, 1.807) is 11.3 Å². The quantitative estimate of drug-likeness (QED) is 0.757. The van der Waals surface area contributed by atoms with Gasteiger partial charge in [0.2, 0.25) is 11.0 Å². The number of nitrogens with zero attached hydrogens (tertiary/aromatic N) is 4. The van der Waals surface area contributed by atoms with Gasteiger partial charge in [-0.15, -0.1) is 21.5 Å². The zero-order chi connectivity index (χ0) is 17.6. The second-order valence-corrected chi connectivity index (χ2v) is 8.46. The second kappa shape index (κ2) is 6.30. The number of hydrogen-bond acceptors (Lipinski definition) is 7. The predicted molar refractivity (Wildman–Crippen MR) is 98.5 cm³/mol. The van der Waals surface area contributed by atoms with Gasteiger partial charge in [-0.25, -0.2) is 4.98 Å². The standard InChI is InChI=1S/C16H17N5O2S2/c1-8(2)13-19-20-16(25-13)18-11(22)6-21-7-17-14-12(15(21)23)9-4-3-5-10(9)24-14/h7-8H,3-6H2,1-2H3,(H,18,20,22). The Morgan fingerprint density at radius 3 is 2.92 bits per heavy atom. The molecule has 0 bridgehead atoms. The maximum atomic E-state index is 12.8. The van der Waals surface area contributed by atoms with Gasteiger partial charge < -0.3 is 0 Å². The first-order valence-electron chi connectivity index (χ1n) is 8.16. The largest absolute Gasteiger partial charge is 0.299 e. The van der Waals surface area contributed by atoms with Crippen molar-refractivity contribution in [2.45, 2.75) is 45.6 Å². The van der Waals surface area contributed by atoms with Gasteiger partial charge in [-0.1, -0.05) is 25.2 Å². The van der Waals surface area contributed by atoms with Gasteiger partial charge in [-0.3, -0.25) is 19.5 Å². The van der Waals surface area contributed by atoms with Crippen molar-refractivity contribution in [1.82, 2.24) is 19.7 Å². The van der Waals surface area contributed by atoms with Crippen molar-refractivity contribution in [3.8, 4) is 0 Å². The van der Waals surface area contributed by atoms with Crippen LogP contribution >= 0.6 is 22.7 Å². The summed E-state index contributed by atoms with van der Waals surface area (Å²) in [4.78, 5) is 31.4. The van der Waals surface area contributed by atoms with Gasteiger partial charge in [0.05, 0.1) is 11.7 Å². The summed E-state index contributed by atoms with van der Waals surface area (Å²) in [5.41, 5.74) is 0.984. The summed E-state index contributed by atoms with van der Waals surface area (Å²) < 4.78 is 1.37. The Balaban J connectivity index is 1.56. The molecule has 0 atom stereocenters. The van der Waals surface area contributed by atoms with Gasteiger partial charge in [0, 0.05) is 10.8 Å². The van der Waals surface area contributed by atoms with Gasteiger partial charge >= 0.3 is 0 Å². The summed E-state index contributed by atoms with van der Waals surface area (Å²) in [7, 11) is 0. The van der Waals surface area contributed by atoms with Crippen molar-refractivity contribution in [2.24, 2.45) is 0 Å². The lowest BCUT2D eigenvalue weighted by atomic mass is 10.2. The molecule has 0 spiro atoms. The molecule has 1 N–H and O–H groups in total. The van der Waals surface area contributed by atoms with Gasteiger partial charge in [0.1, 0.15) is 16.4 Å². The van der Waals surface area contributed by atoms with Crippen molar-refractivity contribution >= 4 is 43.9 Å². The highest BCUT2D eigenvalue weighted by Gasteiger charge is 2.21. The van der Waals surface area contributed by atoms with Crippen LogP contribution in [-0.4, -0.2) is 25.7 Å². The average molecular weight is 375 g/mol. The molecule has 3 aromatic heterocycles. The molecule has 25 heavy (non-hydrogen) atoms. The number of aryl methyl sites for hydroxylation is 2. The zero-order valence-electron chi connectivity index (χ0n) is 13.9. The first-order valence-corrected chi connectivity index (χ1v) is 9.79. The Bertz CT molecular complexity index is 1020. The van der Waals surface area contributed by atoms with Crippen LogP contribution in [0.1, 0.15) is 41.6 Å². The van der Waals surface area contributed by atoms with Crippen LogP contribution in [0.25, 0.3) is 10.2 Å². The van der Waals surface area contributed by atoms with Crippen LogP contribution in [0.15, 0.2) is 11.1 Å². The highest BCUT2D eigenvalue weighted by Crippen LogP contribution is 2.34. The third-order valence-corrected chi connectivity index (χ3v) is 6.53. The van der Waals surface area contributed by atoms with Crippen LogP contribution < -0.4 is 10.9 Å². The molecule has 4 rings (SSSR count). The summed E-state index contributed by atoms with van der Waals surface area (Å²) in [5, 5.41) is 12.7. The molecule has 0 radical (unpaired) electrons. The molecule has 1 aliphatic carbocycles. The summed E-state index contributed by atoms with van der Waals surface area (Å²) in [6.07, 6.45) is 4.48. The SMILES string of the molecule is CC(C)c1nnc(NC(=O)Cn2cnc3sc4c(c3c2=O)CCC4)s1. The minimum absolute atomic E-state index is 0.0804. The van der Waals surface area contributed by atoms with Crippen LogP contribution in [0, 0.1) is 0 Å². The van der Waals surface area contributed by atoms with Crippen LogP contribution in [0.2, 0.25) is 0 Å². The minimum Gasteiger partial charge on any atom is -0.299 e. The molecule has 0 saturated heterocycles. The van der Waals surface area contributed by atoms with E-state index in [1.807, 2.05) is 13.8 Å². The fraction of sp³-hybridized carbons (Fsp3) is 0.438. The maximum absolute atomic E-state index is 12.8. The van der Waals surface area contributed by atoms with Gasteiger partial charge in [-0.2, -0.15) is 0 Å². The number of thiophene rings is 1. The van der Waals surface area contributed by atoms with Crippen LogP contribution in [0.3, 0.4) is 0 Å². The van der Waals surface area contributed by atoms with E-state index in [2.05, 4.69) is 20.5 Å². The van der Waals surface area contributed by atoms with Crippen LogP contribution in [0.4, 0.5) is 5.13 Å². The number of rotatable bonds is 4. The van der Waals surface area contributed by atoms with Crippen molar-refractivity contribution in [1.29, 1.82) is 0 Å². The highest BCUT2D eigenvalue weighted by molar-refractivity contribution is 7.18. The Morgan fingerprint density at radius 1 is 1.32 bits per heavy atom. The summed E-state index contributed by atoms with van der Waals surface area (Å²) in [5.74, 6) is -0.0420. The van der Waals surface area contributed by atoms with Gasteiger partial charge in [-0.05, 0) is 24.8 Å². The Hall–Kier alpha value is -2.13. The molecule has 0 saturated carbocycles. The number of anilines is 1. The molecule has 0 aromatic carbocycles. The molecular formula is C16H17N5O2S2. The first kappa shape index (κ1) is 16.3. The molecule has 3 heterocycles. The number of hydrogen-bond donors (Lipinski definition) is 1. The van der Waals surface area contributed by atoms with Crippen molar-refractivity contribution in [2.75, 3.05) is 5.32 Å². The smallest absolute Gasteiger partial charge is 0.262 e. The number of aromatic nitrogens is 4. The van der Waals surface area contributed by atoms with Gasteiger partial charge in [0.15, 0.2) is 0 Å². The summed E-state index contributed by atoms with van der Waals surface area (Å²) >= 11 is 2.94. The zero-order valence-corrected chi connectivity index (χ0v) is 15.5. The number of carbonyl (C=O) groups is 1. The van der Waals surface area contributed by atoms with E-state index in [1.165, 1.54) is 27.1 Å². The maximum Gasteiger partial charge on any atom is 0.262 e. The second-order valence-electron chi connectivity index (χ2n) is 6.36. The molecule has 0 fully saturated rings. The predicted octanol–water partition coefficient (Wildman–Crippen LogP) is 2.56. The third kappa shape index (κ3) is 2.98.